The first-order valence-electron chi connectivity index (χ1n) is 8.18. The molecule has 4 aromatic rings. The molecule has 0 aliphatic carbocycles. The molecule has 2 heterocycles. The zero-order chi connectivity index (χ0) is 18.6. The van der Waals surface area contributed by atoms with E-state index in [9.17, 15) is 9.59 Å². The highest BCUT2D eigenvalue weighted by atomic mass is 32.1. The number of carbonyl (C=O) groups excluding carboxylic acids is 1. The first-order chi connectivity index (χ1) is 13.2. The summed E-state index contributed by atoms with van der Waals surface area (Å²) >= 11 is 1.30. The molecule has 0 fully saturated rings. The van der Waals surface area contributed by atoms with Crippen LogP contribution in [0.1, 0.15) is 10.6 Å². The predicted octanol–water partition coefficient (Wildman–Crippen LogP) is 1.87. The quantitative estimate of drug-likeness (QED) is 0.569. The Hall–Kier alpha value is -3.46. The Balaban J connectivity index is 1.44. The zero-order valence-electron chi connectivity index (χ0n) is 14.1. The van der Waals surface area contributed by atoms with Gasteiger partial charge in [0.2, 0.25) is 11.0 Å². The highest BCUT2D eigenvalue weighted by molar-refractivity contribution is 7.15. The average molecular weight is 378 g/mol. The van der Waals surface area contributed by atoms with Crippen LogP contribution >= 0.6 is 11.3 Å². The predicted molar refractivity (Wildman–Crippen MR) is 102 cm³/mol. The smallest absolute Gasteiger partial charge is 0.278 e. The SMILES string of the molecule is O=C(Cn1nnc2ccccc2c1=O)Nc1nnc(Cc2ccccc2)s1. The van der Waals surface area contributed by atoms with E-state index >= 15 is 0 Å². The average Bonchev–Trinajstić information content (AvgIpc) is 3.11. The molecule has 0 atom stereocenters. The third kappa shape index (κ3) is 3.87. The molecule has 0 aliphatic rings. The lowest BCUT2D eigenvalue weighted by Gasteiger charge is -2.04. The van der Waals surface area contributed by atoms with Gasteiger partial charge in [-0.05, 0) is 17.7 Å². The molecule has 2 aromatic heterocycles. The van der Waals surface area contributed by atoms with Crippen LogP contribution in [0.4, 0.5) is 5.13 Å². The molecule has 0 saturated carbocycles. The molecule has 0 radical (unpaired) electrons. The molecule has 0 saturated heterocycles. The number of nitrogens with zero attached hydrogens (tertiary/aromatic N) is 5. The Morgan fingerprint density at radius 3 is 2.63 bits per heavy atom. The van der Waals surface area contributed by atoms with Crippen molar-refractivity contribution in [3.8, 4) is 0 Å². The van der Waals surface area contributed by atoms with Gasteiger partial charge < -0.3 is 0 Å². The number of carbonyl (C=O) groups is 1. The van der Waals surface area contributed by atoms with Crippen LogP contribution in [0.5, 0.6) is 0 Å². The lowest BCUT2D eigenvalue weighted by atomic mass is 10.2. The van der Waals surface area contributed by atoms with Gasteiger partial charge in [-0.2, -0.15) is 0 Å². The molecular weight excluding hydrogens is 364 g/mol. The molecule has 9 heteroatoms. The highest BCUT2D eigenvalue weighted by Crippen LogP contribution is 2.18. The van der Waals surface area contributed by atoms with Gasteiger partial charge in [0, 0.05) is 6.42 Å². The largest absolute Gasteiger partial charge is 0.299 e. The number of hydrogen-bond donors (Lipinski definition) is 1. The Bertz CT molecular complexity index is 1160. The minimum Gasteiger partial charge on any atom is -0.299 e. The van der Waals surface area contributed by atoms with Crippen molar-refractivity contribution in [1.29, 1.82) is 0 Å². The van der Waals surface area contributed by atoms with Crippen LogP contribution in [0.2, 0.25) is 0 Å². The van der Waals surface area contributed by atoms with Crippen molar-refractivity contribution in [3.05, 3.63) is 75.5 Å². The number of anilines is 1. The fourth-order valence-electron chi connectivity index (χ4n) is 2.57. The Kier molecular flexibility index (Phi) is 4.67. The van der Waals surface area contributed by atoms with Crippen molar-refractivity contribution in [3.63, 3.8) is 0 Å². The van der Waals surface area contributed by atoms with Gasteiger partial charge >= 0.3 is 0 Å². The minimum absolute atomic E-state index is 0.246. The molecule has 0 spiro atoms. The van der Waals surface area contributed by atoms with Crippen molar-refractivity contribution in [2.45, 2.75) is 13.0 Å². The molecule has 27 heavy (non-hydrogen) atoms. The molecule has 0 aliphatic heterocycles. The van der Waals surface area contributed by atoms with Crippen LogP contribution in [-0.2, 0) is 17.8 Å². The second kappa shape index (κ2) is 7.42. The molecule has 0 bridgehead atoms. The maximum Gasteiger partial charge on any atom is 0.278 e. The summed E-state index contributed by atoms with van der Waals surface area (Å²) in [5.74, 6) is -0.413. The van der Waals surface area contributed by atoms with E-state index in [4.69, 9.17) is 0 Å². The van der Waals surface area contributed by atoms with Crippen LogP contribution in [0.25, 0.3) is 10.9 Å². The van der Waals surface area contributed by atoms with Crippen molar-refractivity contribution in [2.24, 2.45) is 0 Å². The van der Waals surface area contributed by atoms with Crippen LogP contribution < -0.4 is 10.9 Å². The summed E-state index contributed by atoms with van der Waals surface area (Å²) in [6.45, 7) is -0.246. The molecule has 8 nitrogen and oxygen atoms in total. The van der Waals surface area contributed by atoms with Gasteiger partial charge in [0.1, 0.15) is 17.1 Å². The van der Waals surface area contributed by atoms with E-state index in [-0.39, 0.29) is 12.1 Å². The molecule has 2 aromatic carbocycles. The summed E-state index contributed by atoms with van der Waals surface area (Å²) in [7, 11) is 0. The summed E-state index contributed by atoms with van der Waals surface area (Å²) in [5.41, 5.74) is 1.25. The number of benzene rings is 2. The third-order valence-electron chi connectivity index (χ3n) is 3.83. The molecule has 1 N–H and O–H groups in total. The van der Waals surface area contributed by atoms with Crippen molar-refractivity contribution < 1.29 is 4.79 Å². The summed E-state index contributed by atoms with van der Waals surface area (Å²) in [4.78, 5) is 24.6. The van der Waals surface area contributed by atoms with E-state index in [1.54, 1.807) is 24.3 Å². The number of hydrogen-bond acceptors (Lipinski definition) is 7. The normalized spacial score (nSPS) is 10.8. The van der Waals surface area contributed by atoms with E-state index in [0.717, 1.165) is 15.3 Å². The molecule has 134 valence electrons. The van der Waals surface area contributed by atoms with Crippen LogP contribution in [0.3, 0.4) is 0 Å². The molecular formula is C18H14N6O2S. The fourth-order valence-corrected chi connectivity index (χ4v) is 3.36. The van der Waals surface area contributed by atoms with Crippen molar-refractivity contribution in [2.75, 3.05) is 5.32 Å². The van der Waals surface area contributed by atoms with Gasteiger partial charge in [0.25, 0.3) is 5.56 Å². The van der Waals surface area contributed by atoms with E-state index in [1.807, 2.05) is 30.3 Å². The van der Waals surface area contributed by atoms with Gasteiger partial charge in [0.15, 0.2) is 0 Å². The summed E-state index contributed by atoms with van der Waals surface area (Å²) < 4.78 is 1.03. The van der Waals surface area contributed by atoms with Crippen LogP contribution in [0.15, 0.2) is 59.4 Å². The molecule has 0 unspecified atom stereocenters. The van der Waals surface area contributed by atoms with E-state index in [1.165, 1.54) is 11.3 Å². The van der Waals surface area contributed by atoms with Crippen molar-refractivity contribution in [1.82, 2.24) is 25.2 Å². The van der Waals surface area contributed by atoms with E-state index < -0.39 is 5.91 Å². The number of aromatic nitrogens is 5. The second-order valence-electron chi connectivity index (χ2n) is 5.78. The topological polar surface area (TPSA) is 103 Å². The number of amides is 1. The van der Waals surface area contributed by atoms with Crippen LogP contribution in [-0.4, -0.2) is 31.1 Å². The Labute approximate surface area is 157 Å². The Morgan fingerprint density at radius 1 is 1.00 bits per heavy atom. The number of nitrogens with one attached hydrogen (secondary N) is 1. The second-order valence-corrected chi connectivity index (χ2v) is 6.84. The van der Waals surface area contributed by atoms with E-state index in [2.05, 4.69) is 25.8 Å². The first-order valence-corrected chi connectivity index (χ1v) is 8.99. The summed E-state index contributed by atoms with van der Waals surface area (Å²) in [5, 5.41) is 20.1. The summed E-state index contributed by atoms with van der Waals surface area (Å²) in [6, 6.07) is 16.7. The van der Waals surface area contributed by atoms with Gasteiger partial charge in [-0.15, -0.1) is 15.3 Å². The zero-order valence-corrected chi connectivity index (χ0v) is 14.9. The summed E-state index contributed by atoms with van der Waals surface area (Å²) in [6.07, 6.45) is 0.643. The molecule has 4 rings (SSSR count). The Morgan fingerprint density at radius 2 is 1.78 bits per heavy atom. The van der Waals surface area contributed by atoms with Gasteiger partial charge in [-0.3, -0.25) is 14.9 Å². The van der Waals surface area contributed by atoms with E-state index in [0.29, 0.717) is 22.5 Å². The maximum atomic E-state index is 12.4. The third-order valence-corrected chi connectivity index (χ3v) is 4.67. The molecule has 1 amide bonds. The van der Waals surface area contributed by atoms with Gasteiger partial charge in [-0.1, -0.05) is 59.0 Å². The maximum absolute atomic E-state index is 12.4. The monoisotopic (exact) mass is 378 g/mol. The van der Waals surface area contributed by atoms with Crippen LogP contribution in [0, 0.1) is 0 Å². The highest BCUT2D eigenvalue weighted by Gasteiger charge is 2.12. The van der Waals surface area contributed by atoms with Gasteiger partial charge in [-0.25, -0.2) is 4.68 Å². The fraction of sp³-hybridized carbons (Fsp3) is 0.111. The standard InChI is InChI=1S/C18H14N6O2S/c25-15(11-24-17(26)13-8-4-5-9-14(13)20-23-24)19-18-22-21-16(27-18)10-12-6-2-1-3-7-12/h1-9H,10-11H2,(H,19,22,25). The number of rotatable bonds is 5. The first kappa shape index (κ1) is 17.0. The van der Waals surface area contributed by atoms with Crippen molar-refractivity contribution >= 4 is 33.3 Å². The lowest BCUT2D eigenvalue weighted by molar-refractivity contribution is -0.117. The minimum atomic E-state index is -0.413. The lowest BCUT2D eigenvalue weighted by Crippen LogP contribution is -2.30. The van der Waals surface area contributed by atoms with Gasteiger partial charge in [0.05, 0.1) is 5.39 Å². The number of fused-ring (bicyclic) bond motifs is 1.